The Bertz CT molecular complexity index is 953. The van der Waals surface area contributed by atoms with E-state index in [1.54, 1.807) is 12.3 Å². The molecule has 29 heavy (non-hydrogen) atoms. The number of rotatable bonds is 6. The molecule has 3 aromatic rings. The number of nitrogens with one attached hydrogen (secondary N) is 2. The van der Waals surface area contributed by atoms with Crippen LogP contribution < -0.4 is 10.2 Å². The Balaban J connectivity index is 1.51. The second-order valence-corrected chi connectivity index (χ2v) is 7.52. The summed E-state index contributed by atoms with van der Waals surface area (Å²) in [6, 6.07) is 14.2. The molecule has 1 aliphatic rings. The van der Waals surface area contributed by atoms with Gasteiger partial charge in [0, 0.05) is 49.4 Å². The van der Waals surface area contributed by atoms with Crippen molar-refractivity contribution in [3.63, 3.8) is 0 Å². The SMILES string of the molecule is CCNC(=O)c1ccnc(N2CCC[C@H](c3[nH]ncc3Cc3ccccc3)C2)c1. The van der Waals surface area contributed by atoms with Gasteiger partial charge in [-0.3, -0.25) is 9.89 Å². The first kappa shape index (κ1) is 19.2. The first-order valence-electron chi connectivity index (χ1n) is 10.3. The lowest BCUT2D eigenvalue weighted by Crippen LogP contribution is -2.35. The summed E-state index contributed by atoms with van der Waals surface area (Å²) >= 11 is 0. The van der Waals surface area contributed by atoms with Crippen molar-refractivity contribution in [1.29, 1.82) is 0 Å². The Morgan fingerprint density at radius 2 is 2.14 bits per heavy atom. The van der Waals surface area contributed by atoms with Crippen molar-refractivity contribution >= 4 is 11.7 Å². The fraction of sp³-hybridized carbons (Fsp3) is 0.348. The number of aromatic nitrogens is 3. The monoisotopic (exact) mass is 389 g/mol. The van der Waals surface area contributed by atoms with Crippen molar-refractivity contribution in [1.82, 2.24) is 20.5 Å². The van der Waals surface area contributed by atoms with Crippen LogP contribution in [0.5, 0.6) is 0 Å². The van der Waals surface area contributed by atoms with Crippen LogP contribution in [0.15, 0.2) is 54.9 Å². The smallest absolute Gasteiger partial charge is 0.251 e. The molecule has 0 spiro atoms. The number of hydrogen-bond donors (Lipinski definition) is 2. The van der Waals surface area contributed by atoms with Crippen molar-refractivity contribution in [2.24, 2.45) is 0 Å². The van der Waals surface area contributed by atoms with Gasteiger partial charge in [-0.2, -0.15) is 5.10 Å². The molecule has 150 valence electrons. The maximum atomic E-state index is 12.2. The molecular weight excluding hydrogens is 362 g/mol. The van der Waals surface area contributed by atoms with Gasteiger partial charge < -0.3 is 10.2 Å². The Hall–Kier alpha value is -3.15. The van der Waals surface area contributed by atoms with Crippen molar-refractivity contribution in [3.05, 3.63) is 77.2 Å². The molecule has 1 aliphatic heterocycles. The van der Waals surface area contributed by atoms with Crippen molar-refractivity contribution in [3.8, 4) is 0 Å². The topological polar surface area (TPSA) is 73.9 Å². The van der Waals surface area contributed by atoms with Gasteiger partial charge in [0.05, 0.1) is 6.20 Å². The maximum Gasteiger partial charge on any atom is 0.251 e. The van der Waals surface area contributed by atoms with Crippen LogP contribution in [-0.2, 0) is 6.42 Å². The molecule has 0 bridgehead atoms. The highest BCUT2D eigenvalue weighted by Gasteiger charge is 2.26. The number of hydrogen-bond acceptors (Lipinski definition) is 4. The summed E-state index contributed by atoms with van der Waals surface area (Å²) in [7, 11) is 0. The summed E-state index contributed by atoms with van der Waals surface area (Å²) in [5.74, 6) is 1.19. The van der Waals surface area contributed by atoms with Crippen LogP contribution in [-0.4, -0.2) is 40.7 Å². The van der Waals surface area contributed by atoms with E-state index in [1.807, 2.05) is 25.3 Å². The van der Waals surface area contributed by atoms with Gasteiger partial charge >= 0.3 is 0 Å². The summed E-state index contributed by atoms with van der Waals surface area (Å²) in [6.45, 7) is 4.36. The predicted molar refractivity (Wildman–Crippen MR) is 114 cm³/mol. The molecule has 0 radical (unpaired) electrons. The zero-order valence-electron chi connectivity index (χ0n) is 16.8. The molecule has 1 amide bonds. The van der Waals surface area contributed by atoms with Gasteiger partial charge in [0.1, 0.15) is 5.82 Å². The third-order valence-corrected chi connectivity index (χ3v) is 5.49. The molecule has 3 heterocycles. The standard InChI is InChI=1S/C23H27N5O/c1-2-24-23(29)18-10-11-25-21(14-18)28-12-6-9-19(16-28)22-20(15-26-27-22)13-17-7-4-3-5-8-17/h3-5,7-8,10-11,14-15,19H,2,6,9,12-13,16H2,1H3,(H,24,29)(H,26,27)/t19-/m0/s1. The van der Waals surface area contributed by atoms with E-state index in [2.05, 4.69) is 49.7 Å². The lowest BCUT2D eigenvalue weighted by molar-refractivity contribution is 0.0955. The molecule has 1 aromatic carbocycles. The molecule has 1 atom stereocenters. The number of piperidine rings is 1. The van der Waals surface area contributed by atoms with E-state index >= 15 is 0 Å². The van der Waals surface area contributed by atoms with Crippen molar-refractivity contribution in [2.45, 2.75) is 32.1 Å². The van der Waals surface area contributed by atoms with Crippen LogP contribution in [0, 0.1) is 0 Å². The predicted octanol–water partition coefficient (Wildman–Crippen LogP) is 3.53. The number of carbonyl (C=O) groups excluding carboxylic acids is 1. The summed E-state index contributed by atoms with van der Waals surface area (Å²) in [5.41, 5.74) is 4.43. The van der Waals surface area contributed by atoms with Gasteiger partial charge in [-0.1, -0.05) is 30.3 Å². The molecule has 0 unspecified atom stereocenters. The fourth-order valence-corrected chi connectivity index (χ4v) is 4.05. The first-order chi connectivity index (χ1) is 14.2. The van der Waals surface area contributed by atoms with E-state index in [9.17, 15) is 4.79 Å². The molecule has 6 nitrogen and oxygen atoms in total. The highest BCUT2D eigenvalue weighted by Crippen LogP contribution is 2.31. The summed E-state index contributed by atoms with van der Waals surface area (Å²) < 4.78 is 0. The molecule has 6 heteroatoms. The zero-order chi connectivity index (χ0) is 20.1. The van der Waals surface area contributed by atoms with Gasteiger partial charge in [-0.15, -0.1) is 0 Å². The van der Waals surface area contributed by atoms with Gasteiger partial charge in [0.2, 0.25) is 0 Å². The van der Waals surface area contributed by atoms with E-state index in [-0.39, 0.29) is 5.91 Å². The molecule has 2 aromatic heterocycles. The van der Waals surface area contributed by atoms with Gasteiger partial charge in [0.25, 0.3) is 5.91 Å². The summed E-state index contributed by atoms with van der Waals surface area (Å²) in [4.78, 5) is 19.0. The largest absolute Gasteiger partial charge is 0.356 e. The molecule has 1 fully saturated rings. The highest BCUT2D eigenvalue weighted by atomic mass is 16.1. The Labute approximate surface area is 171 Å². The van der Waals surface area contributed by atoms with Gasteiger partial charge in [-0.25, -0.2) is 4.98 Å². The van der Waals surface area contributed by atoms with Crippen LogP contribution in [0.4, 0.5) is 5.82 Å². The molecule has 0 aliphatic carbocycles. The average molecular weight is 390 g/mol. The Kier molecular flexibility index (Phi) is 5.89. The van der Waals surface area contributed by atoms with E-state index in [4.69, 9.17) is 0 Å². The third-order valence-electron chi connectivity index (χ3n) is 5.49. The average Bonchev–Trinajstić information content (AvgIpc) is 3.23. The first-order valence-corrected chi connectivity index (χ1v) is 10.3. The molecule has 0 saturated carbocycles. The number of amides is 1. The van der Waals surface area contributed by atoms with Gasteiger partial charge in [0.15, 0.2) is 0 Å². The molecular formula is C23H27N5O. The minimum Gasteiger partial charge on any atom is -0.356 e. The Morgan fingerprint density at radius 3 is 2.97 bits per heavy atom. The summed E-state index contributed by atoms with van der Waals surface area (Å²) in [5, 5.41) is 10.4. The van der Waals surface area contributed by atoms with Crippen LogP contribution in [0.1, 0.15) is 52.9 Å². The van der Waals surface area contributed by atoms with Crippen molar-refractivity contribution in [2.75, 3.05) is 24.5 Å². The van der Waals surface area contributed by atoms with Crippen LogP contribution >= 0.6 is 0 Å². The van der Waals surface area contributed by atoms with E-state index in [1.165, 1.54) is 16.8 Å². The maximum absolute atomic E-state index is 12.2. The van der Waals surface area contributed by atoms with E-state index in [0.717, 1.165) is 38.2 Å². The fourth-order valence-electron chi connectivity index (χ4n) is 4.05. The quantitative estimate of drug-likeness (QED) is 0.676. The van der Waals surface area contributed by atoms with E-state index in [0.29, 0.717) is 18.0 Å². The number of nitrogens with zero attached hydrogens (tertiary/aromatic N) is 3. The van der Waals surface area contributed by atoms with Crippen LogP contribution in [0.25, 0.3) is 0 Å². The number of pyridine rings is 1. The third kappa shape index (κ3) is 4.47. The number of benzene rings is 1. The normalized spacial score (nSPS) is 16.6. The number of carbonyl (C=O) groups is 1. The van der Waals surface area contributed by atoms with E-state index < -0.39 is 0 Å². The highest BCUT2D eigenvalue weighted by molar-refractivity contribution is 5.94. The lowest BCUT2D eigenvalue weighted by atomic mass is 9.91. The number of anilines is 1. The van der Waals surface area contributed by atoms with Gasteiger partial charge in [-0.05, 0) is 43.0 Å². The lowest BCUT2D eigenvalue weighted by Gasteiger charge is -2.33. The number of aromatic amines is 1. The van der Waals surface area contributed by atoms with Crippen molar-refractivity contribution < 1.29 is 4.79 Å². The summed E-state index contributed by atoms with van der Waals surface area (Å²) in [6.07, 6.45) is 6.77. The molecule has 1 saturated heterocycles. The minimum absolute atomic E-state index is 0.0524. The number of H-pyrrole nitrogens is 1. The minimum atomic E-state index is -0.0524. The van der Waals surface area contributed by atoms with Crippen LogP contribution in [0.2, 0.25) is 0 Å². The Morgan fingerprint density at radius 1 is 1.28 bits per heavy atom. The zero-order valence-corrected chi connectivity index (χ0v) is 16.8. The van der Waals surface area contributed by atoms with Crippen LogP contribution in [0.3, 0.4) is 0 Å². The second kappa shape index (κ2) is 8.90. The molecule has 4 rings (SSSR count). The molecule has 2 N–H and O–H groups in total. The second-order valence-electron chi connectivity index (χ2n) is 7.52.